The van der Waals surface area contributed by atoms with Gasteiger partial charge in [-0.25, -0.2) is 0 Å². The number of ether oxygens (including phenoxy) is 1. The molecule has 0 atom stereocenters. The summed E-state index contributed by atoms with van der Waals surface area (Å²) >= 11 is 0. The molecule has 0 amide bonds. The first kappa shape index (κ1) is 24.8. The van der Waals surface area contributed by atoms with Gasteiger partial charge in [0.2, 0.25) is 0 Å². The van der Waals surface area contributed by atoms with Crippen LogP contribution in [-0.2, 0) is 27.2 Å². The molecule has 0 unspecified atom stereocenters. The van der Waals surface area contributed by atoms with Gasteiger partial charge in [-0.2, -0.15) is 0 Å². The number of carbonyl (C=O) groups is 2. The Kier molecular flexibility index (Phi) is 7.20. The summed E-state index contributed by atoms with van der Waals surface area (Å²) in [7, 11) is 0. The Morgan fingerprint density at radius 2 is 0.871 bits per heavy atom. The molecule has 31 heavy (non-hydrogen) atoms. The van der Waals surface area contributed by atoms with Crippen LogP contribution in [0.15, 0.2) is 60.7 Å². The summed E-state index contributed by atoms with van der Waals surface area (Å²) in [6.07, 6.45) is 1.43. The average molecular weight is 423 g/mol. The summed E-state index contributed by atoms with van der Waals surface area (Å²) in [5, 5.41) is 0. The van der Waals surface area contributed by atoms with Crippen molar-refractivity contribution in [2.75, 3.05) is 0 Å². The van der Waals surface area contributed by atoms with E-state index in [2.05, 4.69) is 52.0 Å². The van der Waals surface area contributed by atoms with Crippen LogP contribution < -0.4 is 0 Å². The fourth-order valence-electron chi connectivity index (χ4n) is 3.55. The normalized spacial score (nSPS) is 13.0. The molecular formula is C28H38O3. The first-order valence-electron chi connectivity index (χ1n) is 11.1. The third-order valence-electron chi connectivity index (χ3n) is 7.57. The second kappa shape index (κ2) is 8.98. The highest BCUT2D eigenvalue weighted by Crippen LogP contribution is 2.45. The van der Waals surface area contributed by atoms with E-state index in [0.717, 1.165) is 11.1 Å². The van der Waals surface area contributed by atoms with E-state index in [1.807, 2.05) is 64.1 Å². The van der Waals surface area contributed by atoms with Gasteiger partial charge < -0.3 is 4.74 Å². The molecule has 3 nitrogen and oxygen atoms in total. The number of benzene rings is 2. The van der Waals surface area contributed by atoms with Crippen LogP contribution in [-0.4, -0.2) is 11.9 Å². The van der Waals surface area contributed by atoms with E-state index in [1.54, 1.807) is 0 Å². The zero-order chi connectivity index (χ0) is 23.5. The lowest BCUT2D eigenvalue weighted by molar-refractivity contribution is -0.180. The van der Waals surface area contributed by atoms with Gasteiger partial charge in [0.1, 0.15) is 0 Å². The van der Waals surface area contributed by atoms with E-state index in [9.17, 15) is 9.59 Å². The molecule has 0 aromatic heterocycles. The van der Waals surface area contributed by atoms with Crippen LogP contribution in [0.1, 0.15) is 66.5 Å². The second-order valence-corrected chi connectivity index (χ2v) is 11.0. The third kappa shape index (κ3) is 5.44. The van der Waals surface area contributed by atoms with Gasteiger partial charge >= 0.3 is 11.9 Å². The minimum Gasteiger partial charge on any atom is -0.392 e. The Bertz CT molecular complexity index is 815. The molecule has 0 fully saturated rings. The van der Waals surface area contributed by atoms with Crippen molar-refractivity contribution >= 4 is 11.9 Å². The van der Waals surface area contributed by atoms with Gasteiger partial charge in [-0.05, 0) is 62.5 Å². The van der Waals surface area contributed by atoms with E-state index in [1.165, 1.54) is 0 Å². The van der Waals surface area contributed by atoms with Crippen LogP contribution in [0.3, 0.4) is 0 Å². The standard InChI is InChI=1S/C28H38O3/c1-25(2,19-21-15-11-9-12-16-21)27(5,6)23(29)31-24(30)28(7,8)26(3,4)20-22-17-13-10-14-18-22/h9-18H,19-20H2,1-8H3. The summed E-state index contributed by atoms with van der Waals surface area (Å²) in [5.41, 5.74) is -0.144. The SMILES string of the molecule is CC(C)(Cc1ccccc1)C(C)(C)C(=O)OC(=O)C(C)(C)C(C)(C)Cc1ccccc1. The Labute approximate surface area is 188 Å². The highest BCUT2D eigenvalue weighted by Gasteiger charge is 2.49. The molecule has 0 radical (unpaired) electrons. The van der Waals surface area contributed by atoms with Crippen LogP contribution in [0.5, 0.6) is 0 Å². The van der Waals surface area contributed by atoms with Gasteiger partial charge in [-0.3, -0.25) is 9.59 Å². The maximum atomic E-state index is 13.2. The van der Waals surface area contributed by atoms with E-state index in [4.69, 9.17) is 4.74 Å². The molecule has 2 rings (SSSR count). The summed E-state index contributed by atoms with van der Waals surface area (Å²) in [4.78, 5) is 26.4. The van der Waals surface area contributed by atoms with E-state index >= 15 is 0 Å². The lowest BCUT2D eigenvalue weighted by Gasteiger charge is -2.42. The van der Waals surface area contributed by atoms with Crippen molar-refractivity contribution in [3.63, 3.8) is 0 Å². The summed E-state index contributed by atoms with van der Waals surface area (Å²) < 4.78 is 5.55. The number of hydrogen-bond acceptors (Lipinski definition) is 3. The predicted molar refractivity (Wildman–Crippen MR) is 127 cm³/mol. The fraction of sp³-hybridized carbons (Fsp3) is 0.500. The molecule has 0 heterocycles. The zero-order valence-electron chi connectivity index (χ0n) is 20.4. The van der Waals surface area contributed by atoms with Gasteiger partial charge in [-0.1, -0.05) is 88.4 Å². The molecule has 0 N–H and O–H groups in total. The largest absolute Gasteiger partial charge is 0.392 e. The van der Waals surface area contributed by atoms with E-state index < -0.39 is 33.6 Å². The van der Waals surface area contributed by atoms with Gasteiger partial charge in [0.15, 0.2) is 0 Å². The predicted octanol–water partition coefficient (Wildman–Crippen LogP) is 6.65. The Morgan fingerprint density at radius 1 is 0.581 bits per heavy atom. The number of carbonyl (C=O) groups excluding carboxylic acids is 2. The molecule has 0 aliphatic rings. The van der Waals surface area contributed by atoms with Crippen LogP contribution in [0.25, 0.3) is 0 Å². The van der Waals surface area contributed by atoms with Crippen molar-refractivity contribution in [2.45, 2.75) is 68.2 Å². The van der Waals surface area contributed by atoms with E-state index in [-0.39, 0.29) is 0 Å². The number of rotatable bonds is 8. The average Bonchev–Trinajstić information content (AvgIpc) is 2.68. The van der Waals surface area contributed by atoms with Gasteiger partial charge in [0.05, 0.1) is 10.8 Å². The molecule has 2 aromatic rings. The number of esters is 2. The third-order valence-corrected chi connectivity index (χ3v) is 7.57. The summed E-state index contributed by atoms with van der Waals surface area (Å²) in [5.74, 6) is -0.941. The van der Waals surface area contributed by atoms with Crippen molar-refractivity contribution in [3.8, 4) is 0 Å². The first-order chi connectivity index (χ1) is 14.2. The molecule has 0 aliphatic carbocycles. The molecule has 2 aromatic carbocycles. The monoisotopic (exact) mass is 422 g/mol. The van der Waals surface area contributed by atoms with Crippen LogP contribution in [0, 0.1) is 21.7 Å². The minimum absolute atomic E-state index is 0.393. The highest BCUT2D eigenvalue weighted by molar-refractivity contribution is 5.91. The van der Waals surface area contributed by atoms with Crippen LogP contribution in [0.4, 0.5) is 0 Å². The molecule has 0 saturated heterocycles. The topological polar surface area (TPSA) is 43.4 Å². The van der Waals surface area contributed by atoms with Crippen molar-refractivity contribution in [1.82, 2.24) is 0 Å². The van der Waals surface area contributed by atoms with Crippen LogP contribution >= 0.6 is 0 Å². The Hall–Kier alpha value is -2.42. The van der Waals surface area contributed by atoms with Crippen molar-refractivity contribution in [1.29, 1.82) is 0 Å². The highest BCUT2D eigenvalue weighted by atomic mass is 16.6. The molecule has 0 saturated carbocycles. The summed E-state index contributed by atoms with van der Waals surface area (Å²) in [6.45, 7) is 15.7. The molecule has 0 aliphatic heterocycles. The zero-order valence-corrected chi connectivity index (χ0v) is 20.4. The maximum absolute atomic E-state index is 13.2. The lowest BCUT2D eigenvalue weighted by Crippen LogP contribution is -2.47. The minimum atomic E-state index is -0.835. The van der Waals surface area contributed by atoms with Gasteiger partial charge in [-0.15, -0.1) is 0 Å². The fourth-order valence-corrected chi connectivity index (χ4v) is 3.55. The Morgan fingerprint density at radius 3 is 1.16 bits per heavy atom. The maximum Gasteiger partial charge on any atom is 0.319 e. The molecular weight excluding hydrogens is 384 g/mol. The molecule has 168 valence electrons. The van der Waals surface area contributed by atoms with Crippen molar-refractivity contribution in [3.05, 3.63) is 71.8 Å². The lowest BCUT2D eigenvalue weighted by atomic mass is 9.64. The smallest absolute Gasteiger partial charge is 0.319 e. The number of hydrogen-bond donors (Lipinski definition) is 0. The van der Waals surface area contributed by atoms with Gasteiger partial charge in [0, 0.05) is 0 Å². The molecule has 3 heteroatoms. The molecule has 0 spiro atoms. The summed E-state index contributed by atoms with van der Waals surface area (Å²) in [6, 6.07) is 20.2. The van der Waals surface area contributed by atoms with Crippen molar-refractivity contribution < 1.29 is 14.3 Å². The quantitative estimate of drug-likeness (QED) is 0.353. The van der Waals surface area contributed by atoms with Gasteiger partial charge in [0.25, 0.3) is 0 Å². The molecule has 0 bridgehead atoms. The van der Waals surface area contributed by atoms with Crippen molar-refractivity contribution in [2.24, 2.45) is 21.7 Å². The second-order valence-electron chi connectivity index (χ2n) is 11.0. The Balaban J connectivity index is 2.15. The van der Waals surface area contributed by atoms with E-state index in [0.29, 0.717) is 12.8 Å². The van der Waals surface area contributed by atoms with Crippen LogP contribution in [0.2, 0.25) is 0 Å². The first-order valence-corrected chi connectivity index (χ1v) is 11.1.